The molecule has 0 aromatic heterocycles. The van der Waals surface area contributed by atoms with Gasteiger partial charge in [0.1, 0.15) is 23.9 Å². The van der Waals surface area contributed by atoms with Crippen LogP contribution in [0.1, 0.15) is 37.7 Å². The van der Waals surface area contributed by atoms with E-state index in [2.05, 4.69) is 10.6 Å². The van der Waals surface area contributed by atoms with Crippen LogP contribution in [0.15, 0.2) is 24.3 Å². The molecule has 194 valence electrons. The molecular formula is C23H35N5O7. The molecule has 4 atom stereocenters. The third-order valence-electron chi connectivity index (χ3n) is 5.93. The predicted octanol–water partition coefficient (Wildman–Crippen LogP) is -1.57. The van der Waals surface area contributed by atoms with Crippen LogP contribution in [0.4, 0.5) is 0 Å². The van der Waals surface area contributed by atoms with E-state index in [4.69, 9.17) is 11.5 Å². The highest BCUT2D eigenvalue weighted by atomic mass is 16.4. The van der Waals surface area contributed by atoms with Crippen molar-refractivity contribution in [3.05, 3.63) is 29.8 Å². The first kappa shape index (κ1) is 28.0. The lowest BCUT2D eigenvalue weighted by atomic mass is 10.0. The summed E-state index contributed by atoms with van der Waals surface area (Å²) in [5.41, 5.74) is 11.9. The highest BCUT2D eigenvalue weighted by molar-refractivity contribution is 5.94. The number of nitrogens with two attached hydrogens (primary N) is 2. The molecule has 4 unspecified atom stereocenters. The van der Waals surface area contributed by atoms with Gasteiger partial charge in [0.15, 0.2) is 0 Å². The second-order valence-corrected chi connectivity index (χ2v) is 8.59. The number of carboxylic acids is 1. The number of rotatable bonds is 13. The molecule has 35 heavy (non-hydrogen) atoms. The maximum atomic E-state index is 13.0. The van der Waals surface area contributed by atoms with Crippen LogP contribution in [0.3, 0.4) is 0 Å². The van der Waals surface area contributed by atoms with E-state index in [-0.39, 0.29) is 18.7 Å². The third kappa shape index (κ3) is 8.19. The molecule has 1 fully saturated rings. The number of nitrogens with one attached hydrogen (secondary N) is 2. The lowest BCUT2D eigenvalue weighted by Gasteiger charge is -2.29. The summed E-state index contributed by atoms with van der Waals surface area (Å²) in [4.78, 5) is 51.3. The first-order chi connectivity index (χ1) is 16.7. The van der Waals surface area contributed by atoms with E-state index in [9.17, 15) is 34.5 Å². The minimum atomic E-state index is -1.27. The van der Waals surface area contributed by atoms with Crippen molar-refractivity contribution in [2.24, 2.45) is 11.5 Å². The summed E-state index contributed by atoms with van der Waals surface area (Å²) in [6, 6.07) is 1.62. The molecule has 0 spiro atoms. The summed E-state index contributed by atoms with van der Waals surface area (Å²) in [7, 11) is 0. The van der Waals surface area contributed by atoms with Crippen LogP contribution in [0.25, 0.3) is 0 Å². The number of phenols is 1. The van der Waals surface area contributed by atoms with Gasteiger partial charge in [-0.3, -0.25) is 14.4 Å². The zero-order chi connectivity index (χ0) is 26.0. The van der Waals surface area contributed by atoms with Gasteiger partial charge in [-0.1, -0.05) is 18.6 Å². The van der Waals surface area contributed by atoms with Gasteiger partial charge < -0.3 is 42.3 Å². The summed E-state index contributed by atoms with van der Waals surface area (Å²) in [5, 5.41) is 33.6. The fraction of sp³-hybridized carbons (Fsp3) is 0.565. The molecule has 1 aliphatic rings. The first-order valence-electron chi connectivity index (χ1n) is 11.7. The number of likely N-dealkylation sites (tertiary alicyclic amines) is 1. The van der Waals surface area contributed by atoms with Crippen molar-refractivity contribution in [2.45, 2.75) is 62.7 Å². The topological polar surface area (TPSA) is 208 Å². The SMILES string of the molecule is NCCCCC(N)C(=O)NC(CO)C(=O)N1CCCC1C(=O)NC(Cc1ccc(O)cc1)C(=O)O. The Bertz CT molecular complexity index is 880. The number of aliphatic hydroxyl groups is 1. The van der Waals surface area contributed by atoms with Gasteiger partial charge in [0.25, 0.3) is 0 Å². The van der Waals surface area contributed by atoms with E-state index in [1.54, 1.807) is 12.1 Å². The highest BCUT2D eigenvalue weighted by Gasteiger charge is 2.39. The summed E-state index contributed by atoms with van der Waals surface area (Å²) in [6.07, 6.45) is 2.53. The zero-order valence-electron chi connectivity index (χ0n) is 19.6. The molecule has 1 aromatic carbocycles. The second kappa shape index (κ2) is 13.6. The average molecular weight is 494 g/mol. The largest absolute Gasteiger partial charge is 0.508 e. The van der Waals surface area contributed by atoms with Crippen LogP contribution in [-0.4, -0.2) is 87.8 Å². The number of carbonyl (C=O) groups excluding carboxylic acids is 3. The zero-order valence-corrected chi connectivity index (χ0v) is 19.6. The van der Waals surface area contributed by atoms with E-state index in [0.717, 1.165) is 0 Å². The van der Waals surface area contributed by atoms with Crippen molar-refractivity contribution < 1.29 is 34.5 Å². The molecule has 0 radical (unpaired) electrons. The minimum absolute atomic E-state index is 0.0145. The molecular weight excluding hydrogens is 458 g/mol. The number of aliphatic hydroxyl groups excluding tert-OH is 1. The quantitative estimate of drug-likeness (QED) is 0.158. The van der Waals surface area contributed by atoms with Crippen molar-refractivity contribution in [3.8, 4) is 5.75 Å². The number of carboxylic acid groups (broad SMARTS) is 1. The smallest absolute Gasteiger partial charge is 0.326 e. The van der Waals surface area contributed by atoms with E-state index in [1.165, 1.54) is 17.0 Å². The van der Waals surface area contributed by atoms with Crippen molar-refractivity contribution in [1.82, 2.24) is 15.5 Å². The lowest BCUT2D eigenvalue weighted by Crippen LogP contribution is -2.58. The number of phenolic OH excluding ortho intramolecular Hbond substituents is 1. The van der Waals surface area contributed by atoms with Crippen LogP contribution < -0.4 is 22.1 Å². The Hall–Kier alpha value is -3.22. The number of benzene rings is 1. The average Bonchev–Trinajstić information content (AvgIpc) is 3.33. The van der Waals surface area contributed by atoms with Crippen molar-refractivity contribution in [2.75, 3.05) is 19.7 Å². The summed E-state index contributed by atoms with van der Waals surface area (Å²) < 4.78 is 0. The van der Waals surface area contributed by atoms with Crippen LogP contribution >= 0.6 is 0 Å². The van der Waals surface area contributed by atoms with Gasteiger partial charge in [0.2, 0.25) is 17.7 Å². The van der Waals surface area contributed by atoms with Gasteiger partial charge in [0, 0.05) is 13.0 Å². The summed E-state index contributed by atoms with van der Waals surface area (Å²) in [6.45, 7) is 0.0211. The van der Waals surface area contributed by atoms with E-state index < -0.39 is 54.5 Å². The van der Waals surface area contributed by atoms with Crippen LogP contribution in [0, 0.1) is 0 Å². The van der Waals surface area contributed by atoms with E-state index >= 15 is 0 Å². The van der Waals surface area contributed by atoms with Gasteiger partial charge in [-0.25, -0.2) is 4.79 Å². The number of hydrogen-bond donors (Lipinski definition) is 7. The standard InChI is InChI=1S/C23H35N5O7/c24-10-2-1-4-16(25)20(31)27-18(13-29)22(33)28-11-3-5-19(28)21(32)26-17(23(34)35)12-14-6-8-15(30)9-7-14/h6-9,16-19,29-30H,1-5,10-13,24-25H2,(H,26,32)(H,27,31)(H,34,35). The molecule has 1 heterocycles. The molecule has 1 saturated heterocycles. The molecule has 0 saturated carbocycles. The second-order valence-electron chi connectivity index (χ2n) is 8.59. The molecule has 1 aliphatic heterocycles. The fourth-order valence-electron chi connectivity index (χ4n) is 3.94. The molecule has 2 rings (SSSR count). The Morgan fingerprint density at radius 1 is 1.09 bits per heavy atom. The molecule has 12 nitrogen and oxygen atoms in total. The Morgan fingerprint density at radius 3 is 2.37 bits per heavy atom. The van der Waals surface area contributed by atoms with Crippen molar-refractivity contribution in [3.63, 3.8) is 0 Å². The van der Waals surface area contributed by atoms with Crippen molar-refractivity contribution >= 4 is 23.7 Å². The number of aromatic hydroxyl groups is 1. The van der Waals surface area contributed by atoms with Crippen LogP contribution in [0.5, 0.6) is 5.75 Å². The maximum Gasteiger partial charge on any atom is 0.326 e. The third-order valence-corrected chi connectivity index (χ3v) is 5.93. The minimum Gasteiger partial charge on any atom is -0.508 e. The Morgan fingerprint density at radius 2 is 1.77 bits per heavy atom. The number of unbranched alkanes of at least 4 members (excludes halogenated alkanes) is 1. The number of carbonyl (C=O) groups is 4. The molecule has 0 aliphatic carbocycles. The summed E-state index contributed by atoms with van der Waals surface area (Å²) >= 11 is 0. The highest BCUT2D eigenvalue weighted by Crippen LogP contribution is 2.19. The van der Waals surface area contributed by atoms with E-state index in [0.29, 0.717) is 44.2 Å². The fourth-order valence-corrected chi connectivity index (χ4v) is 3.94. The first-order valence-corrected chi connectivity index (χ1v) is 11.7. The molecule has 0 bridgehead atoms. The lowest BCUT2D eigenvalue weighted by molar-refractivity contribution is -0.145. The van der Waals surface area contributed by atoms with Gasteiger partial charge in [-0.2, -0.15) is 0 Å². The summed E-state index contributed by atoms with van der Waals surface area (Å²) in [5.74, 6) is -3.07. The predicted molar refractivity (Wildman–Crippen MR) is 126 cm³/mol. The molecule has 1 aromatic rings. The number of aliphatic carboxylic acids is 1. The Labute approximate surface area is 203 Å². The number of hydrogen-bond acceptors (Lipinski definition) is 8. The monoisotopic (exact) mass is 493 g/mol. The van der Waals surface area contributed by atoms with Crippen LogP contribution in [0.2, 0.25) is 0 Å². The maximum absolute atomic E-state index is 13.0. The molecule has 3 amide bonds. The van der Waals surface area contributed by atoms with E-state index in [1.807, 2.05) is 0 Å². The van der Waals surface area contributed by atoms with Crippen LogP contribution in [-0.2, 0) is 25.6 Å². The van der Waals surface area contributed by atoms with Gasteiger partial charge in [-0.05, 0) is 49.9 Å². The normalized spacial score (nSPS) is 17.9. The number of amides is 3. The Balaban J connectivity index is 2.01. The van der Waals surface area contributed by atoms with Gasteiger partial charge >= 0.3 is 5.97 Å². The van der Waals surface area contributed by atoms with Gasteiger partial charge in [0.05, 0.1) is 12.6 Å². The molecule has 9 N–H and O–H groups in total. The van der Waals surface area contributed by atoms with Gasteiger partial charge in [-0.15, -0.1) is 0 Å². The van der Waals surface area contributed by atoms with Crippen molar-refractivity contribution in [1.29, 1.82) is 0 Å². The Kier molecular flexibility index (Phi) is 10.9. The molecule has 12 heteroatoms. The number of nitrogens with zero attached hydrogens (tertiary/aromatic N) is 1.